The number of hydrogen-bond acceptors (Lipinski definition) is 3. The van der Waals surface area contributed by atoms with Gasteiger partial charge in [-0.2, -0.15) is 0 Å². The Balaban J connectivity index is 1.54. The molecular weight excluding hydrogens is 501 g/mol. The number of aliphatic hydroxyl groups excluding tert-OH is 1. The minimum absolute atomic E-state index is 0.0501. The van der Waals surface area contributed by atoms with E-state index in [1.54, 1.807) is 19.1 Å². The number of nitrogens with one attached hydrogen (secondary N) is 1. The van der Waals surface area contributed by atoms with Gasteiger partial charge in [0.2, 0.25) is 5.91 Å². The first-order chi connectivity index (χ1) is 19.1. The van der Waals surface area contributed by atoms with Crippen molar-refractivity contribution in [1.29, 1.82) is 0 Å². The molecule has 1 aliphatic rings. The molecule has 2 heterocycles. The van der Waals surface area contributed by atoms with Crippen LogP contribution in [0.25, 0.3) is 5.69 Å². The molecule has 0 bridgehead atoms. The first kappa shape index (κ1) is 27.8. The normalized spacial score (nSPS) is 18.9. The van der Waals surface area contributed by atoms with Gasteiger partial charge in [-0.1, -0.05) is 57.2 Å². The van der Waals surface area contributed by atoms with Gasteiger partial charge >= 0.3 is 0 Å². The molecule has 0 aliphatic carbocycles. The van der Waals surface area contributed by atoms with Crippen molar-refractivity contribution < 1.29 is 14.3 Å². The SMILES string of the molecule is Cc1cccc(F)c1C(O)N1CCC[C@H](C(=O)Nc2cccc(C(C)(C)C)c2)[C@@H]1c1cccc(-n2cccc2)c1. The lowest BCUT2D eigenvalue weighted by molar-refractivity contribution is -0.128. The molecule has 1 fully saturated rings. The zero-order chi connectivity index (χ0) is 28.4. The van der Waals surface area contributed by atoms with Crippen LogP contribution < -0.4 is 5.32 Å². The van der Waals surface area contributed by atoms with Gasteiger partial charge in [-0.25, -0.2) is 4.39 Å². The van der Waals surface area contributed by atoms with E-state index in [1.807, 2.05) is 70.4 Å². The maximum Gasteiger partial charge on any atom is 0.229 e. The third-order valence-electron chi connectivity index (χ3n) is 7.96. The highest BCUT2D eigenvalue weighted by molar-refractivity contribution is 5.93. The lowest BCUT2D eigenvalue weighted by Gasteiger charge is -2.43. The molecule has 1 unspecified atom stereocenters. The Kier molecular flexibility index (Phi) is 7.92. The Labute approximate surface area is 236 Å². The molecule has 5 nitrogen and oxygen atoms in total. The van der Waals surface area contributed by atoms with Gasteiger partial charge in [-0.05, 0) is 84.3 Å². The number of halogens is 1. The number of hydrogen-bond donors (Lipinski definition) is 2. The lowest BCUT2D eigenvalue weighted by Crippen LogP contribution is -2.45. The van der Waals surface area contributed by atoms with Crippen LogP contribution in [0.3, 0.4) is 0 Å². The number of nitrogens with zero attached hydrogens (tertiary/aromatic N) is 2. The van der Waals surface area contributed by atoms with Gasteiger partial charge in [-0.3, -0.25) is 9.69 Å². The second kappa shape index (κ2) is 11.4. The summed E-state index contributed by atoms with van der Waals surface area (Å²) in [7, 11) is 0. The zero-order valence-corrected chi connectivity index (χ0v) is 23.6. The highest BCUT2D eigenvalue weighted by Crippen LogP contribution is 2.42. The molecule has 5 rings (SSSR count). The number of aryl methyl sites for hydroxylation is 1. The number of likely N-dealkylation sites (tertiary alicyclic amines) is 1. The van der Waals surface area contributed by atoms with Crippen molar-refractivity contribution in [2.24, 2.45) is 5.92 Å². The average Bonchev–Trinajstić information content (AvgIpc) is 3.47. The fourth-order valence-corrected chi connectivity index (χ4v) is 5.81. The average molecular weight is 540 g/mol. The summed E-state index contributed by atoms with van der Waals surface area (Å²) < 4.78 is 17.1. The minimum atomic E-state index is -1.19. The largest absolute Gasteiger partial charge is 0.374 e. The number of amides is 1. The van der Waals surface area contributed by atoms with E-state index in [-0.39, 0.29) is 16.9 Å². The molecule has 0 saturated carbocycles. The Morgan fingerprint density at radius 3 is 2.45 bits per heavy atom. The number of aliphatic hydroxyl groups is 1. The van der Waals surface area contributed by atoms with Crippen molar-refractivity contribution in [3.63, 3.8) is 0 Å². The highest BCUT2D eigenvalue weighted by Gasteiger charge is 2.41. The summed E-state index contributed by atoms with van der Waals surface area (Å²) in [5, 5.41) is 14.8. The van der Waals surface area contributed by atoms with Gasteiger partial charge in [0.25, 0.3) is 0 Å². The van der Waals surface area contributed by atoms with Crippen LogP contribution in [0.2, 0.25) is 0 Å². The maximum atomic E-state index is 15.0. The van der Waals surface area contributed by atoms with Crippen molar-refractivity contribution in [1.82, 2.24) is 9.47 Å². The van der Waals surface area contributed by atoms with Crippen molar-refractivity contribution >= 4 is 11.6 Å². The van der Waals surface area contributed by atoms with Crippen LogP contribution in [0.5, 0.6) is 0 Å². The van der Waals surface area contributed by atoms with Crippen LogP contribution in [-0.4, -0.2) is 27.0 Å². The number of benzene rings is 3. The van der Waals surface area contributed by atoms with Gasteiger partial charge in [0.15, 0.2) is 0 Å². The zero-order valence-electron chi connectivity index (χ0n) is 23.6. The predicted molar refractivity (Wildman–Crippen MR) is 158 cm³/mol. The molecule has 0 radical (unpaired) electrons. The molecule has 0 spiro atoms. The molecular formula is C34H38FN3O2. The number of carbonyl (C=O) groups excluding carboxylic acids is 1. The molecule has 2 N–H and O–H groups in total. The topological polar surface area (TPSA) is 57.5 Å². The summed E-state index contributed by atoms with van der Waals surface area (Å²) in [5.74, 6) is -1.00. The molecule has 3 aromatic carbocycles. The summed E-state index contributed by atoms with van der Waals surface area (Å²) in [6.45, 7) is 8.78. The fraction of sp³-hybridized carbons (Fsp3) is 0.324. The van der Waals surface area contributed by atoms with E-state index >= 15 is 4.39 Å². The summed E-state index contributed by atoms with van der Waals surface area (Å²) >= 11 is 0. The minimum Gasteiger partial charge on any atom is -0.374 e. The molecule has 40 heavy (non-hydrogen) atoms. The first-order valence-electron chi connectivity index (χ1n) is 14.0. The smallest absolute Gasteiger partial charge is 0.229 e. The number of anilines is 1. The quantitative estimate of drug-likeness (QED) is 0.270. The Morgan fingerprint density at radius 1 is 1.00 bits per heavy atom. The number of aromatic nitrogens is 1. The van der Waals surface area contributed by atoms with Crippen molar-refractivity contribution in [3.8, 4) is 5.69 Å². The van der Waals surface area contributed by atoms with Crippen LogP contribution >= 0.6 is 0 Å². The summed E-state index contributed by atoms with van der Waals surface area (Å²) in [4.78, 5) is 15.9. The lowest BCUT2D eigenvalue weighted by atomic mass is 9.82. The standard InChI is InChI=1S/C34H38FN3O2/c1-23-11-7-17-29(35)30(23)33(40)38-20-10-16-28(32(39)36-26-14-9-13-25(22-26)34(2,3)4)31(38)24-12-8-15-27(21-24)37-18-5-6-19-37/h5-9,11-15,17-19,21-22,28,31,33,40H,10,16,20H2,1-4H3,(H,36,39)/t28-,31-,33?/m0/s1. The molecule has 1 amide bonds. The van der Waals surface area contributed by atoms with Crippen molar-refractivity contribution in [2.75, 3.05) is 11.9 Å². The van der Waals surface area contributed by atoms with E-state index in [4.69, 9.17) is 0 Å². The van der Waals surface area contributed by atoms with Gasteiger partial charge in [-0.15, -0.1) is 0 Å². The monoisotopic (exact) mass is 539 g/mol. The van der Waals surface area contributed by atoms with E-state index in [0.717, 1.165) is 22.5 Å². The van der Waals surface area contributed by atoms with Crippen molar-refractivity contribution in [3.05, 3.63) is 119 Å². The number of rotatable bonds is 6. The van der Waals surface area contributed by atoms with E-state index in [0.29, 0.717) is 24.9 Å². The summed E-state index contributed by atoms with van der Waals surface area (Å²) in [5.41, 5.74) is 4.64. The maximum absolute atomic E-state index is 15.0. The van der Waals surface area contributed by atoms with Crippen LogP contribution in [0.4, 0.5) is 10.1 Å². The predicted octanol–water partition coefficient (Wildman–Crippen LogP) is 7.31. The van der Waals surface area contributed by atoms with E-state index in [1.165, 1.54) is 6.07 Å². The van der Waals surface area contributed by atoms with E-state index in [2.05, 4.69) is 38.2 Å². The van der Waals surface area contributed by atoms with Gasteiger partial charge < -0.3 is 15.0 Å². The summed E-state index contributed by atoms with van der Waals surface area (Å²) in [6.07, 6.45) is 4.12. The number of piperidine rings is 1. The van der Waals surface area contributed by atoms with Crippen molar-refractivity contribution in [2.45, 2.75) is 58.2 Å². The van der Waals surface area contributed by atoms with Crippen LogP contribution in [0, 0.1) is 18.7 Å². The third-order valence-corrected chi connectivity index (χ3v) is 7.96. The molecule has 1 aromatic heterocycles. The molecule has 208 valence electrons. The van der Waals surface area contributed by atoms with Gasteiger partial charge in [0.05, 0.1) is 5.92 Å². The highest BCUT2D eigenvalue weighted by atomic mass is 19.1. The number of carbonyl (C=O) groups is 1. The molecule has 4 aromatic rings. The Bertz CT molecular complexity index is 1450. The molecule has 1 aliphatic heterocycles. The van der Waals surface area contributed by atoms with Crippen LogP contribution in [-0.2, 0) is 10.2 Å². The Hall–Kier alpha value is -3.74. The van der Waals surface area contributed by atoms with E-state index in [9.17, 15) is 9.90 Å². The second-order valence-corrected chi connectivity index (χ2v) is 11.8. The second-order valence-electron chi connectivity index (χ2n) is 11.8. The fourth-order valence-electron chi connectivity index (χ4n) is 5.81. The summed E-state index contributed by atoms with van der Waals surface area (Å²) in [6, 6.07) is 24.3. The van der Waals surface area contributed by atoms with Gasteiger partial charge in [0, 0.05) is 41.9 Å². The Morgan fingerprint density at radius 2 is 1.73 bits per heavy atom. The van der Waals surface area contributed by atoms with E-state index < -0.39 is 24.0 Å². The van der Waals surface area contributed by atoms with Crippen LogP contribution in [0.15, 0.2) is 91.3 Å². The molecule has 1 saturated heterocycles. The van der Waals surface area contributed by atoms with Gasteiger partial charge in [0.1, 0.15) is 12.0 Å². The first-order valence-corrected chi connectivity index (χ1v) is 14.0. The molecule has 3 atom stereocenters. The third kappa shape index (κ3) is 5.74. The molecule has 6 heteroatoms. The van der Waals surface area contributed by atoms with Crippen LogP contribution in [0.1, 0.15) is 68.1 Å².